The minimum absolute atomic E-state index is 0.0264. The molecule has 0 bridgehead atoms. The number of hydrogen-bond donors (Lipinski definition) is 2. The van der Waals surface area contributed by atoms with Gasteiger partial charge in [0.15, 0.2) is 5.78 Å². The zero-order valence-electron chi connectivity index (χ0n) is 14.3. The van der Waals surface area contributed by atoms with Gasteiger partial charge in [-0.3, -0.25) is 4.79 Å². The van der Waals surface area contributed by atoms with E-state index in [0.717, 1.165) is 12.8 Å². The molecule has 3 aliphatic carbocycles. The van der Waals surface area contributed by atoms with Crippen LogP contribution in [0, 0.1) is 23.7 Å². The van der Waals surface area contributed by atoms with Gasteiger partial charge in [0, 0.05) is 24.9 Å². The fourth-order valence-corrected chi connectivity index (χ4v) is 5.21. The number of rotatable bonds is 4. The molecule has 2 N–H and O–H groups in total. The first-order valence-corrected chi connectivity index (χ1v) is 9.15. The highest BCUT2D eigenvalue weighted by molar-refractivity contribution is 5.96. The van der Waals surface area contributed by atoms with Gasteiger partial charge in [0.05, 0.1) is 12.2 Å². The van der Waals surface area contributed by atoms with Crippen molar-refractivity contribution in [1.82, 2.24) is 0 Å². The molecule has 0 heterocycles. The van der Waals surface area contributed by atoms with Crippen molar-refractivity contribution < 1.29 is 19.7 Å². The summed E-state index contributed by atoms with van der Waals surface area (Å²) in [6.45, 7) is 1.93. The Morgan fingerprint density at radius 2 is 1.96 bits per heavy atom. The average Bonchev–Trinajstić information content (AvgIpc) is 2.60. The van der Waals surface area contributed by atoms with E-state index in [4.69, 9.17) is 4.74 Å². The van der Waals surface area contributed by atoms with E-state index in [1.807, 2.05) is 19.1 Å². The van der Waals surface area contributed by atoms with Crippen molar-refractivity contribution in [2.45, 2.75) is 69.7 Å². The van der Waals surface area contributed by atoms with Crippen LogP contribution in [0.4, 0.5) is 0 Å². The van der Waals surface area contributed by atoms with Gasteiger partial charge in [0.2, 0.25) is 0 Å². The maximum Gasteiger partial charge on any atom is 0.168 e. The summed E-state index contributed by atoms with van der Waals surface area (Å²) >= 11 is 0. The fraction of sp³-hybridized carbons (Fsp3) is 0.842. The van der Waals surface area contributed by atoms with Crippen molar-refractivity contribution in [3.8, 4) is 0 Å². The normalized spacial score (nSPS) is 43.2. The molecule has 0 amide bonds. The lowest BCUT2D eigenvalue weighted by Gasteiger charge is -2.57. The molecule has 4 heteroatoms. The summed E-state index contributed by atoms with van der Waals surface area (Å²) < 4.78 is 5.61. The molecule has 0 aliphatic heterocycles. The third-order valence-corrected chi connectivity index (χ3v) is 6.61. The van der Waals surface area contributed by atoms with Gasteiger partial charge in [0.25, 0.3) is 0 Å². The van der Waals surface area contributed by atoms with Gasteiger partial charge in [-0.25, -0.2) is 0 Å². The molecule has 0 radical (unpaired) electrons. The summed E-state index contributed by atoms with van der Waals surface area (Å²) in [6.07, 6.45) is 9.96. The van der Waals surface area contributed by atoms with Crippen LogP contribution < -0.4 is 0 Å². The Morgan fingerprint density at radius 1 is 1.26 bits per heavy atom. The molecule has 3 rings (SSSR count). The number of methoxy groups -OCH3 is 1. The van der Waals surface area contributed by atoms with Crippen LogP contribution in [0.15, 0.2) is 12.2 Å². The van der Waals surface area contributed by atoms with E-state index in [0.29, 0.717) is 18.8 Å². The van der Waals surface area contributed by atoms with Gasteiger partial charge >= 0.3 is 0 Å². The van der Waals surface area contributed by atoms with Crippen LogP contribution in [0.5, 0.6) is 0 Å². The van der Waals surface area contributed by atoms with E-state index in [1.165, 1.54) is 19.3 Å². The molecule has 6 atom stereocenters. The van der Waals surface area contributed by atoms with Crippen molar-refractivity contribution in [2.24, 2.45) is 23.7 Å². The van der Waals surface area contributed by atoms with Gasteiger partial charge in [-0.05, 0) is 31.6 Å². The van der Waals surface area contributed by atoms with Crippen molar-refractivity contribution in [3.63, 3.8) is 0 Å². The topological polar surface area (TPSA) is 66.8 Å². The molecule has 0 aromatic carbocycles. The molecule has 23 heavy (non-hydrogen) atoms. The van der Waals surface area contributed by atoms with Gasteiger partial charge in [-0.2, -0.15) is 0 Å². The highest BCUT2D eigenvalue weighted by atomic mass is 16.5. The van der Waals surface area contributed by atoms with E-state index in [2.05, 4.69) is 0 Å². The zero-order valence-corrected chi connectivity index (χ0v) is 14.3. The number of ketones is 1. The van der Waals surface area contributed by atoms with Gasteiger partial charge < -0.3 is 14.9 Å². The van der Waals surface area contributed by atoms with Crippen LogP contribution in [-0.2, 0) is 9.53 Å². The van der Waals surface area contributed by atoms with Crippen LogP contribution in [0.25, 0.3) is 0 Å². The lowest BCUT2D eigenvalue weighted by atomic mass is 9.50. The lowest BCUT2D eigenvalue weighted by Crippen LogP contribution is -2.69. The number of aliphatic hydroxyl groups excluding tert-OH is 2. The zero-order chi connectivity index (χ0) is 16.6. The molecule has 3 aliphatic rings. The monoisotopic (exact) mass is 322 g/mol. The third-order valence-electron chi connectivity index (χ3n) is 6.61. The summed E-state index contributed by atoms with van der Waals surface area (Å²) in [6, 6.07) is 0. The highest BCUT2D eigenvalue weighted by Crippen LogP contribution is 2.54. The second-order valence-electron chi connectivity index (χ2n) is 7.73. The Morgan fingerprint density at radius 3 is 2.61 bits per heavy atom. The number of carbonyl (C=O) groups is 1. The smallest absolute Gasteiger partial charge is 0.168 e. The fourth-order valence-electron chi connectivity index (χ4n) is 5.21. The number of ether oxygens (including phenoxy) is 1. The number of aliphatic hydroxyl groups is 2. The molecular weight excluding hydrogens is 292 g/mol. The summed E-state index contributed by atoms with van der Waals surface area (Å²) in [4.78, 5) is 12.3. The second-order valence-corrected chi connectivity index (χ2v) is 7.73. The quantitative estimate of drug-likeness (QED) is 0.780. The molecule has 4 nitrogen and oxygen atoms in total. The minimum atomic E-state index is -0.705. The van der Waals surface area contributed by atoms with Gasteiger partial charge in [-0.1, -0.05) is 38.3 Å². The van der Waals surface area contributed by atoms with Crippen LogP contribution >= 0.6 is 0 Å². The standard InChI is InChI=1S/C19H30O4/c1-12-17-14(8-9-15(20)13-6-4-3-5-7-13)16(21)10-11-19(17,23-2)18(12)22/h8-9,12-17,20-21H,3-7,10-11H2,1-2H3/t12?,14-,15+,16+,17+,19+/m0/s1. The molecule has 0 saturated heterocycles. The first-order valence-electron chi connectivity index (χ1n) is 9.15. The molecule has 0 aromatic rings. The van der Waals surface area contributed by atoms with Crippen molar-refractivity contribution >= 4 is 5.78 Å². The van der Waals surface area contributed by atoms with Gasteiger partial charge in [-0.15, -0.1) is 0 Å². The minimum Gasteiger partial charge on any atom is -0.393 e. The van der Waals surface area contributed by atoms with Crippen LogP contribution in [0.3, 0.4) is 0 Å². The summed E-state index contributed by atoms with van der Waals surface area (Å²) in [5.74, 6) is 0.357. The summed E-state index contributed by atoms with van der Waals surface area (Å²) in [7, 11) is 1.60. The van der Waals surface area contributed by atoms with E-state index >= 15 is 0 Å². The van der Waals surface area contributed by atoms with Crippen LogP contribution in [0.2, 0.25) is 0 Å². The van der Waals surface area contributed by atoms with E-state index < -0.39 is 17.8 Å². The maximum atomic E-state index is 12.3. The van der Waals surface area contributed by atoms with E-state index in [9.17, 15) is 15.0 Å². The lowest BCUT2D eigenvalue weighted by molar-refractivity contribution is -0.206. The molecule has 130 valence electrons. The number of carbonyl (C=O) groups excluding carboxylic acids is 1. The first-order chi connectivity index (χ1) is 11.0. The second kappa shape index (κ2) is 6.66. The predicted octanol–water partition coefficient (Wildman–Crippen LogP) is 2.47. The van der Waals surface area contributed by atoms with Crippen molar-refractivity contribution in [1.29, 1.82) is 0 Å². The van der Waals surface area contributed by atoms with Crippen LogP contribution in [-0.4, -0.2) is 40.9 Å². The largest absolute Gasteiger partial charge is 0.393 e. The maximum absolute atomic E-state index is 12.3. The Bertz CT molecular complexity index is 468. The molecule has 0 aromatic heterocycles. The third kappa shape index (κ3) is 2.79. The van der Waals surface area contributed by atoms with Crippen molar-refractivity contribution in [3.05, 3.63) is 12.2 Å². The number of hydrogen-bond acceptors (Lipinski definition) is 4. The molecule has 3 fully saturated rings. The van der Waals surface area contributed by atoms with Gasteiger partial charge in [0.1, 0.15) is 5.60 Å². The van der Waals surface area contributed by atoms with Crippen molar-refractivity contribution in [2.75, 3.05) is 7.11 Å². The highest BCUT2D eigenvalue weighted by Gasteiger charge is 2.65. The van der Waals surface area contributed by atoms with E-state index in [-0.39, 0.29) is 23.5 Å². The molecule has 3 saturated carbocycles. The average molecular weight is 322 g/mol. The summed E-state index contributed by atoms with van der Waals surface area (Å²) in [5.41, 5.74) is -0.705. The SMILES string of the molecule is CO[C@]12CC[C@@H](O)[C@H](C=C[C@@H](O)C3CCCCC3)[C@H]1C(C)C2=O. The molecule has 0 spiro atoms. The molecule has 1 unspecified atom stereocenters. The Labute approximate surface area is 138 Å². The predicted molar refractivity (Wildman–Crippen MR) is 87.9 cm³/mol. The molecular formula is C19H30O4. The number of fused-ring (bicyclic) bond motifs is 1. The number of Topliss-reactive ketones (excluding diaryl/α,β-unsaturated/α-hetero) is 1. The van der Waals surface area contributed by atoms with E-state index in [1.54, 1.807) is 7.11 Å². The first kappa shape index (κ1) is 17.1. The van der Waals surface area contributed by atoms with Crippen LogP contribution in [0.1, 0.15) is 51.9 Å². The Hall–Kier alpha value is -0.710. The Balaban J connectivity index is 1.72. The Kier molecular flexibility index (Phi) is 4.96. The summed E-state index contributed by atoms with van der Waals surface area (Å²) in [5, 5.41) is 20.9.